The fraction of sp³-hybridized carbons (Fsp3) is 1.00. The summed E-state index contributed by atoms with van der Waals surface area (Å²) in [6.07, 6.45) is 5.54. The van der Waals surface area contributed by atoms with Crippen molar-refractivity contribution in [1.29, 1.82) is 0 Å². The maximum absolute atomic E-state index is 6.10. The van der Waals surface area contributed by atoms with Crippen molar-refractivity contribution in [2.75, 3.05) is 33.2 Å². The molecule has 2 N–H and O–H groups in total. The Morgan fingerprint density at radius 1 is 1.41 bits per heavy atom. The SMILES string of the molecule is CC(C)N1CCC(CN)(N(C)CC2CCC2)C1. The van der Waals surface area contributed by atoms with E-state index < -0.39 is 0 Å². The molecule has 1 aliphatic carbocycles. The molecular weight excluding hydrogens is 210 g/mol. The van der Waals surface area contributed by atoms with Gasteiger partial charge in [0.15, 0.2) is 0 Å². The van der Waals surface area contributed by atoms with E-state index in [9.17, 15) is 0 Å². The van der Waals surface area contributed by atoms with Crippen LogP contribution in [0.3, 0.4) is 0 Å². The largest absolute Gasteiger partial charge is 0.329 e. The van der Waals surface area contributed by atoms with E-state index in [0.29, 0.717) is 6.04 Å². The van der Waals surface area contributed by atoms with E-state index >= 15 is 0 Å². The van der Waals surface area contributed by atoms with E-state index in [4.69, 9.17) is 5.73 Å². The summed E-state index contributed by atoms with van der Waals surface area (Å²) < 4.78 is 0. The third kappa shape index (κ3) is 2.67. The lowest BCUT2D eigenvalue weighted by atomic mass is 9.83. The van der Waals surface area contributed by atoms with Crippen LogP contribution in [0, 0.1) is 5.92 Å². The monoisotopic (exact) mass is 239 g/mol. The summed E-state index contributed by atoms with van der Waals surface area (Å²) in [5, 5.41) is 0. The van der Waals surface area contributed by atoms with Crippen LogP contribution in [-0.4, -0.2) is 54.6 Å². The molecule has 1 saturated heterocycles. The molecule has 1 aliphatic heterocycles. The van der Waals surface area contributed by atoms with Crippen LogP contribution in [0.1, 0.15) is 39.5 Å². The Kier molecular flexibility index (Phi) is 4.11. The van der Waals surface area contributed by atoms with Gasteiger partial charge in [-0.15, -0.1) is 0 Å². The maximum Gasteiger partial charge on any atom is 0.0467 e. The average Bonchev–Trinajstić information content (AvgIpc) is 2.69. The van der Waals surface area contributed by atoms with E-state index in [1.807, 2.05) is 0 Å². The molecule has 2 rings (SSSR count). The van der Waals surface area contributed by atoms with Crippen molar-refractivity contribution in [3.05, 3.63) is 0 Å². The second-order valence-electron chi connectivity index (χ2n) is 6.42. The molecule has 0 radical (unpaired) electrons. The van der Waals surface area contributed by atoms with E-state index in [2.05, 4.69) is 30.7 Å². The number of likely N-dealkylation sites (N-methyl/N-ethyl adjacent to an activating group) is 1. The lowest BCUT2D eigenvalue weighted by Gasteiger charge is -2.42. The molecule has 0 aromatic heterocycles. The molecule has 100 valence electrons. The number of rotatable bonds is 5. The molecule has 0 amide bonds. The van der Waals surface area contributed by atoms with Crippen molar-refractivity contribution < 1.29 is 0 Å². The first-order chi connectivity index (χ1) is 8.07. The molecular formula is C14H29N3. The molecule has 3 heteroatoms. The molecule has 1 saturated carbocycles. The topological polar surface area (TPSA) is 32.5 Å². The van der Waals surface area contributed by atoms with Crippen molar-refractivity contribution in [2.24, 2.45) is 11.7 Å². The zero-order valence-electron chi connectivity index (χ0n) is 11.8. The summed E-state index contributed by atoms with van der Waals surface area (Å²) >= 11 is 0. The Morgan fingerprint density at radius 2 is 2.12 bits per heavy atom. The number of hydrogen-bond acceptors (Lipinski definition) is 3. The zero-order chi connectivity index (χ0) is 12.5. The van der Waals surface area contributed by atoms with Crippen molar-refractivity contribution >= 4 is 0 Å². The highest BCUT2D eigenvalue weighted by Crippen LogP contribution is 2.32. The summed E-state index contributed by atoms with van der Waals surface area (Å²) in [5.41, 5.74) is 6.35. The average molecular weight is 239 g/mol. The Hall–Kier alpha value is -0.120. The molecule has 2 aliphatic rings. The van der Waals surface area contributed by atoms with Crippen LogP contribution >= 0.6 is 0 Å². The first-order valence-electron chi connectivity index (χ1n) is 7.23. The zero-order valence-corrected chi connectivity index (χ0v) is 11.8. The van der Waals surface area contributed by atoms with Crippen molar-refractivity contribution in [2.45, 2.75) is 51.1 Å². The van der Waals surface area contributed by atoms with Gasteiger partial charge in [-0.05, 0) is 46.1 Å². The molecule has 1 atom stereocenters. The molecule has 2 fully saturated rings. The first kappa shape index (κ1) is 13.3. The minimum Gasteiger partial charge on any atom is -0.329 e. The van der Waals surface area contributed by atoms with Gasteiger partial charge in [-0.2, -0.15) is 0 Å². The third-order valence-corrected chi connectivity index (χ3v) is 5.04. The summed E-state index contributed by atoms with van der Waals surface area (Å²) in [4.78, 5) is 5.14. The van der Waals surface area contributed by atoms with Crippen molar-refractivity contribution in [3.63, 3.8) is 0 Å². The van der Waals surface area contributed by atoms with Gasteiger partial charge in [0.2, 0.25) is 0 Å². The van der Waals surface area contributed by atoms with Crippen LogP contribution in [0.25, 0.3) is 0 Å². The Balaban J connectivity index is 1.94. The highest BCUT2D eigenvalue weighted by molar-refractivity contribution is 5.00. The second-order valence-corrected chi connectivity index (χ2v) is 6.42. The lowest BCUT2D eigenvalue weighted by Crippen LogP contribution is -2.55. The number of nitrogens with zero attached hydrogens (tertiary/aromatic N) is 2. The fourth-order valence-corrected chi connectivity index (χ4v) is 3.22. The van der Waals surface area contributed by atoms with Gasteiger partial charge in [0, 0.05) is 37.8 Å². The Labute approximate surface area is 106 Å². The lowest BCUT2D eigenvalue weighted by molar-refractivity contribution is 0.0857. The maximum atomic E-state index is 6.10. The van der Waals surface area contributed by atoms with E-state index in [0.717, 1.165) is 19.0 Å². The van der Waals surface area contributed by atoms with E-state index in [1.165, 1.54) is 38.8 Å². The summed E-state index contributed by atoms with van der Waals surface area (Å²) in [6, 6.07) is 0.653. The quantitative estimate of drug-likeness (QED) is 0.790. The van der Waals surface area contributed by atoms with E-state index in [-0.39, 0.29) is 5.54 Å². The standard InChI is InChI=1S/C14H29N3/c1-12(2)17-8-7-14(10-15,11-17)16(3)9-13-5-4-6-13/h12-13H,4-11,15H2,1-3H3. The second kappa shape index (κ2) is 5.25. The number of hydrogen-bond donors (Lipinski definition) is 1. The molecule has 0 bridgehead atoms. The Bertz CT molecular complexity index is 250. The first-order valence-corrected chi connectivity index (χ1v) is 7.23. The number of likely N-dealkylation sites (tertiary alicyclic amines) is 1. The highest BCUT2D eigenvalue weighted by atomic mass is 15.3. The Morgan fingerprint density at radius 3 is 2.53 bits per heavy atom. The molecule has 1 unspecified atom stereocenters. The van der Waals surface area contributed by atoms with Gasteiger partial charge >= 0.3 is 0 Å². The third-order valence-electron chi connectivity index (χ3n) is 5.04. The minimum atomic E-state index is 0.250. The van der Waals surface area contributed by atoms with Crippen LogP contribution in [0.2, 0.25) is 0 Å². The van der Waals surface area contributed by atoms with Gasteiger partial charge in [-0.25, -0.2) is 0 Å². The molecule has 0 aromatic rings. The predicted octanol–water partition coefficient (Wildman–Crippen LogP) is 1.53. The van der Waals surface area contributed by atoms with Crippen LogP contribution < -0.4 is 5.73 Å². The van der Waals surface area contributed by atoms with Crippen LogP contribution in [-0.2, 0) is 0 Å². The fourth-order valence-electron chi connectivity index (χ4n) is 3.22. The number of nitrogens with two attached hydrogens (primary N) is 1. The van der Waals surface area contributed by atoms with Gasteiger partial charge < -0.3 is 5.73 Å². The van der Waals surface area contributed by atoms with Gasteiger partial charge in [-0.1, -0.05) is 6.42 Å². The predicted molar refractivity (Wildman–Crippen MR) is 73.1 cm³/mol. The van der Waals surface area contributed by atoms with Crippen LogP contribution in [0.15, 0.2) is 0 Å². The highest BCUT2D eigenvalue weighted by Gasteiger charge is 2.41. The summed E-state index contributed by atoms with van der Waals surface area (Å²) in [7, 11) is 2.29. The molecule has 0 aromatic carbocycles. The minimum absolute atomic E-state index is 0.250. The van der Waals surface area contributed by atoms with Gasteiger partial charge in [0.05, 0.1) is 0 Å². The van der Waals surface area contributed by atoms with Gasteiger partial charge in [0.25, 0.3) is 0 Å². The smallest absolute Gasteiger partial charge is 0.0467 e. The normalized spacial score (nSPS) is 31.4. The summed E-state index contributed by atoms with van der Waals surface area (Å²) in [6.45, 7) is 9.01. The summed E-state index contributed by atoms with van der Waals surface area (Å²) in [5.74, 6) is 0.941. The van der Waals surface area contributed by atoms with E-state index in [1.54, 1.807) is 0 Å². The van der Waals surface area contributed by atoms with Crippen LogP contribution in [0.4, 0.5) is 0 Å². The molecule has 0 spiro atoms. The molecule has 17 heavy (non-hydrogen) atoms. The van der Waals surface area contributed by atoms with Gasteiger partial charge in [-0.3, -0.25) is 9.80 Å². The van der Waals surface area contributed by atoms with Crippen molar-refractivity contribution in [1.82, 2.24) is 9.80 Å². The molecule has 3 nitrogen and oxygen atoms in total. The van der Waals surface area contributed by atoms with Crippen LogP contribution in [0.5, 0.6) is 0 Å². The van der Waals surface area contributed by atoms with Gasteiger partial charge in [0.1, 0.15) is 0 Å². The molecule has 1 heterocycles. The van der Waals surface area contributed by atoms with Crippen molar-refractivity contribution in [3.8, 4) is 0 Å².